The molecule has 2 amide bonds. The van der Waals surface area contributed by atoms with Crippen LogP contribution in [0.1, 0.15) is 31.2 Å². The average molecular weight is 499 g/mol. The molecule has 1 spiro atoms. The molecule has 0 aromatic heterocycles. The first-order valence-corrected chi connectivity index (χ1v) is 12.1. The summed E-state index contributed by atoms with van der Waals surface area (Å²) in [5.41, 5.74) is 1.41. The van der Waals surface area contributed by atoms with Crippen molar-refractivity contribution in [1.29, 1.82) is 0 Å². The van der Waals surface area contributed by atoms with E-state index in [2.05, 4.69) is 9.64 Å². The monoisotopic (exact) mass is 498 g/mol. The van der Waals surface area contributed by atoms with Crippen molar-refractivity contribution < 1.29 is 27.5 Å². The molecule has 188 valence electrons. The first kappa shape index (κ1) is 23.0. The Balaban J connectivity index is 1.19. The van der Waals surface area contributed by atoms with Gasteiger partial charge in [0, 0.05) is 24.6 Å². The zero-order chi connectivity index (χ0) is 25.1. The summed E-state index contributed by atoms with van der Waals surface area (Å²) in [7, 11) is 0. The number of rotatable bonds is 6. The normalized spacial score (nSPS) is 21.3. The summed E-state index contributed by atoms with van der Waals surface area (Å²) in [6, 6.07) is 13.1. The Morgan fingerprint density at radius 2 is 1.75 bits per heavy atom. The number of hydrogen-bond acceptors (Lipinski definition) is 5. The van der Waals surface area contributed by atoms with E-state index in [1.54, 1.807) is 23.1 Å². The first-order chi connectivity index (χ1) is 17.2. The number of nitrogens with zero attached hydrogens (tertiary/aromatic N) is 4. The van der Waals surface area contributed by atoms with Gasteiger partial charge in [-0.3, -0.25) is 24.4 Å². The number of aliphatic imine (C=N–C) groups is 1. The van der Waals surface area contributed by atoms with Crippen LogP contribution < -0.4 is 4.74 Å². The number of carbonyl (C=O) groups excluding carboxylic acids is 2. The highest BCUT2D eigenvalue weighted by Gasteiger charge is 2.57. The van der Waals surface area contributed by atoms with Crippen LogP contribution in [0.5, 0.6) is 5.75 Å². The van der Waals surface area contributed by atoms with E-state index in [0.29, 0.717) is 37.8 Å². The van der Waals surface area contributed by atoms with Crippen molar-refractivity contribution in [2.75, 3.05) is 26.4 Å². The summed E-state index contributed by atoms with van der Waals surface area (Å²) >= 11 is 0. The zero-order valence-corrected chi connectivity index (χ0v) is 19.5. The van der Waals surface area contributed by atoms with Gasteiger partial charge < -0.3 is 9.64 Å². The minimum Gasteiger partial charge on any atom is -0.406 e. The van der Waals surface area contributed by atoms with E-state index in [1.807, 2.05) is 17.0 Å². The fraction of sp³-hybridized carbons (Fsp3) is 0.423. The highest BCUT2D eigenvalue weighted by Crippen LogP contribution is 2.46. The summed E-state index contributed by atoms with van der Waals surface area (Å²) < 4.78 is 41.8. The van der Waals surface area contributed by atoms with Gasteiger partial charge in [0.2, 0.25) is 5.91 Å². The molecule has 7 nitrogen and oxygen atoms in total. The van der Waals surface area contributed by atoms with Crippen LogP contribution in [-0.4, -0.2) is 70.7 Å². The molecule has 0 atom stereocenters. The van der Waals surface area contributed by atoms with Gasteiger partial charge in [0.1, 0.15) is 17.1 Å². The Labute approximate surface area is 206 Å². The molecule has 0 unspecified atom stereocenters. The van der Waals surface area contributed by atoms with Crippen molar-refractivity contribution in [3.63, 3.8) is 0 Å². The lowest BCUT2D eigenvalue weighted by molar-refractivity contribution is -0.274. The van der Waals surface area contributed by atoms with Gasteiger partial charge in [0.05, 0.1) is 13.3 Å². The van der Waals surface area contributed by atoms with Crippen molar-refractivity contribution in [2.45, 2.75) is 37.6 Å². The molecule has 1 saturated heterocycles. The summed E-state index contributed by atoms with van der Waals surface area (Å²) in [4.78, 5) is 36.1. The highest BCUT2D eigenvalue weighted by molar-refractivity contribution is 6.16. The second kappa shape index (κ2) is 8.33. The van der Waals surface area contributed by atoms with Crippen LogP contribution in [0, 0.1) is 5.92 Å². The lowest BCUT2D eigenvalue weighted by Crippen LogP contribution is -2.44. The zero-order valence-electron chi connectivity index (χ0n) is 19.5. The topological polar surface area (TPSA) is 65.5 Å². The van der Waals surface area contributed by atoms with Gasteiger partial charge >= 0.3 is 6.36 Å². The molecular weight excluding hydrogens is 473 g/mol. The van der Waals surface area contributed by atoms with E-state index in [0.717, 1.165) is 36.8 Å². The third-order valence-corrected chi connectivity index (χ3v) is 7.12. The van der Waals surface area contributed by atoms with Gasteiger partial charge in [-0.05, 0) is 48.9 Å². The van der Waals surface area contributed by atoms with Gasteiger partial charge in [-0.1, -0.05) is 36.4 Å². The summed E-state index contributed by atoms with van der Waals surface area (Å²) in [5.74, 6) is 0.690. The van der Waals surface area contributed by atoms with Crippen molar-refractivity contribution in [2.24, 2.45) is 10.9 Å². The third-order valence-electron chi connectivity index (χ3n) is 7.12. The van der Waals surface area contributed by atoms with Crippen LogP contribution in [0.25, 0.3) is 11.1 Å². The lowest BCUT2D eigenvalue weighted by atomic mass is 10.0. The minimum atomic E-state index is -4.75. The predicted octanol–water partition coefficient (Wildman–Crippen LogP) is 3.84. The van der Waals surface area contributed by atoms with E-state index < -0.39 is 11.9 Å². The molecule has 2 aromatic rings. The molecule has 6 rings (SSSR count). The Kier molecular flexibility index (Phi) is 5.33. The van der Waals surface area contributed by atoms with E-state index in [-0.39, 0.29) is 23.5 Å². The van der Waals surface area contributed by atoms with E-state index in [9.17, 15) is 22.8 Å². The van der Waals surface area contributed by atoms with Crippen LogP contribution in [0.2, 0.25) is 0 Å². The van der Waals surface area contributed by atoms with Crippen molar-refractivity contribution in [3.05, 3.63) is 54.1 Å². The van der Waals surface area contributed by atoms with Gasteiger partial charge in [0.15, 0.2) is 0 Å². The third kappa shape index (κ3) is 4.45. The first-order valence-electron chi connectivity index (χ1n) is 12.1. The van der Waals surface area contributed by atoms with Crippen LogP contribution in [-0.2, 0) is 9.59 Å². The molecule has 4 aliphatic rings. The maximum absolute atomic E-state index is 13.2. The average Bonchev–Trinajstić information content (AvgIpc) is 3.77. The largest absolute Gasteiger partial charge is 0.573 e. The summed E-state index contributed by atoms with van der Waals surface area (Å²) in [6.07, 6.45) is -1.37. The maximum Gasteiger partial charge on any atom is 0.573 e. The van der Waals surface area contributed by atoms with E-state index in [4.69, 9.17) is 4.99 Å². The predicted molar refractivity (Wildman–Crippen MR) is 125 cm³/mol. The molecule has 0 bridgehead atoms. The lowest BCUT2D eigenvalue weighted by Gasteiger charge is -2.26. The molecule has 0 radical (unpaired) electrons. The van der Waals surface area contributed by atoms with Gasteiger partial charge in [-0.15, -0.1) is 13.2 Å². The van der Waals surface area contributed by atoms with Crippen LogP contribution >= 0.6 is 0 Å². The Morgan fingerprint density at radius 3 is 2.42 bits per heavy atom. The standard InChI is InChI=1S/C26H25F3N4O3/c27-26(28,29)36-21-3-1-2-20(14-21)17-4-6-18(7-5-17)22-30-25(10-11-25)24(35)33(22)16-31-12-13-32(15-31)23(34)19-8-9-19/h1-7,14,19H,8-13,15-16H2. The van der Waals surface area contributed by atoms with Crippen LogP contribution in [0.15, 0.2) is 53.5 Å². The number of benzene rings is 2. The Morgan fingerprint density at radius 1 is 1.03 bits per heavy atom. The second-order valence-corrected chi connectivity index (χ2v) is 9.91. The maximum atomic E-state index is 13.2. The van der Waals surface area contributed by atoms with E-state index in [1.165, 1.54) is 18.2 Å². The molecule has 2 aliphatic carbocycles. The molecule has 2 heterocycles. The number of hydrogen-bond donors (Lipinski definition) is 0. The number of alkyl halides is 3. The van der Waals surface area contributed by atoms with Crippen molar-refractivity contribution in [3.8, 4) is 16.9 Å². The van der Waals surface area contributed by atoms with Crippen LogP contribution in [0.4, 0.5) is 13.2 Å². The number of halogens is 3. The molecule has 0 N–H and O–H groups in total. The van der Waals surface area contributed by atoms with E-state index >= 15 is 0 Å². The molecular formula is C26H25F3N4O3. The Bertz CT molecular complexity index is 1240. The highest BCUT2D eigenvalue weighted by atomic mass is 19.4. The van der Waals surface area contributed by atoms with Crippen LogP contribution in [0.3, 0.4) is 0 Å². The number of carbonyl (C=O) groups is 2. The number of amides is 2. The molecule has 10 heteroatoms. The smallest absolute Gasteiger partial charge is 0.406 e. The number of amidine groups is 1. The Hall–Kier alpha value is -3.40. The quantitative estimate of drug-likeness (QED) is 0.607. The summed E-state index contributed by atoms with van der Waals surface area (Å²) in [6.45, 7) is 2.25. The molecule has 2 saturated carbocycles. The van der Waals surface area contributed by atoms with Gasteiger partial charge in [0.25, 0.3) is 5.91 Å². The van der Waals surface area contributed by atoms with Crippen molar-refractivity contribution >= 4 is 17.6 Å². The second-order valence-electron chi connectivity index (χ2n) is 9.91. The van der Waals surface area contributed by atoms with Gasteiger partial charge in [-0.25, -0.2) is 0 Å². The molecule has 2 aliphatic heterocycles. The fourth-order valence-electron chi connectivity index (χ4n) is 4.87. The summed E-state index contributed by atoms with van der Waals surface area (Å²) in [5, 5.41) is 0. The molecule has 2 aromatic carbocycles. The number of ether oxygens (including phenoxy) is 1. The minimum absolute atomic E-state index is 0.00875. The van der Waals surface area contributed by atoms with Gasteiger partial charge in [-0.2, -0.15) is 0 Å². The van der Waals surface area contributed by atoms with Crippen molar-refractivity contribution in [1.82, 2.24) is 14.7 Å². The SMILES string of the molecule is O=C(C1CC1)N1CCN(CN2C(=O)C3(CC3)N=C2c2ccc(-c3cccc(OC(F)(F)F)c3)cc2)C1. The molecule has 36 heavy (non-hydrogen) atoms. The fourth-order valence-corrected chi connectivity index (χ4v) is 4.87. The molecule has 3 fully saturated rings.